The minimum atomic E-state index is 0.0844. The maximum atomic E-state index is 5.85. The first-order valence-corrected chi connectivity index (χ1v) is 6.31. The van der Waals surface area contributed by atoms with Gasteiger partial charge in [0.15, 0.2) is 0 Å². The number of nitrogens with two attached hydrogens (primary N) is 1. The van der Waals surface area contributed by atoms with Gasteiger partial charge in [0.05, 0.1) is 19.4 Å². The van der Waals surface area contributed by atoms with Crippen LogP contribution in [-0.4, -0.2) is 25.6 Å². The Hall–Kier alpha value is -1.78. The van der Waals surface area contributed by atoms with Crippen LogP contribution in [0.2, 0.25) is 0 Å². The third-order valence-electron chi connectivity index (χ3n) is 3.19. The third-order valence-corrected chi connectivity index (χ3v) is 3.19. The van der Waals surface area contributed by atoms with E-state index in [-0.39, 0.29) is 6.04 Å². The molecule has 1 atom stereocenters. The van der Waals surface area contributed by atoms with Gasteiger partial charge in [-0.3, -0.25) is 4.90 Å². The van der Waals surface area contributed by atoms with Crippen molar-refractivity contribution in [3.05, 3.63) is 54.0 Å². The summed E-state index contributed by atoms with van der Waals surface area (Å²) in [6.07, 6.45) is 1.68. The van der Waals surface area contributed by atoms with E-state index in [1.54, 1.807) is 13.4 Å². The molecule has 4 nitrogen and oxygen atoms in total. The molecule has 0 saturated carbocycles. The van der Waals surface area contributed by atoms with Crippen molar-refractivity contribution >= 4 is 0 Å². The summed E-state index contributed by atoms with van der Waals surface area (Å²) in [5.41, 5.74) is 7.04. The van der Waals surface area contributed by atoms with Crippen molar-refractivity contribution in [1.82, 2.24) is 4.90 Å². The molecule has 2 aromatic rings. The van der Waals surface area contributed by atoms with Gasteiger partial charge in [-0.2, -0.15) is 0 Å². The zero-order chi connectivity index (χ0) is 13.7. The molecule has 0 aliphatic rings. The Bertz CT molecular complexity index is 497. The number of rotatable bonds is 6. The Balaban J connectivity index is 2.08. The van der Waals surface area contributed by atoms with Crippen LogP contribution in [0.1, 0.15) is 17.4 Å². The number of methoxy groups -OCH3 is 1. The SMILES string of the molecule is COc1cccc(CN(C)C(CN)c2ccco2)c1. The predicted octanol–water partition coefficient (Wildman–Crippen LogP) is 2.42. The molecule has 0 radical (unpaired) electrons. The standard InChI is InChI=1S/C15H20N2O2/c1-17(14(10-16)15-7-4-8-19-15)11-12-5-3-6-13(9-12)18-2/h3-9,14H,10-11,16H2,1-2H3. The Morgan fingerprint density at radius 3 is 2.79 bits per heavy atom. The van der Waals surface area contributed by atoms with Gasteiger partial charge >= 0.3 is 0 Å². The largest absolute Gasteiger partial charge is 0.497 e. The van der Waals surface area contributed by atoms with Crippen LogP contribution in [0, 0.1) is 0 Å². The minimum absolute atomic E-state index is 0.0844. The van der Waals surface area contributed by atoms with Gasteiger partial charge in [0, 0.05) is 13.1 Å². The maximum absolute atomic E-state index is 5.85. The average Bonchev–Trinajstić information content (AvgIpc) is 2.93. The summed E-state index contributed by atoms with van der Waals surface area (Å²) in [6, 6.07) is 12.0. The van der Waals surface area contributed by atoms with Crippen LogP contribution in [0.5, 0.6) is 5.75 Å². The van der Waals surface area contributed by atoms with Gasteiger partial charge < -0.3 is 14.9 Å². The van der Waals surface area contributed by atoms with E-state index in [4.69, 9.17) is 14.9 Å². The van der Waals surface area contributed by atoms with Crippen molar-refractivity contribution in [2.24, 2.45) is 5.73 Å². The molecule has 0 bridgehead atoms. The summed E-state index contributed by atoms with van der Waals surface area (Å²) >= 11 is 0. The molecule has 0 aliphatic heterocycles. The number of nitrogens with zero attached hydrogens (tertiary/aromatic N) is 1. The zero-order valence-corrected chi connectivity index (χ0v) is 11.4. The number of hydrogen-bond donors (Lipinski definition) is 1. The number of ether oxygens (including phenoxy) is 1. The summed E-state index contributed by atoms with van der Waals surface area (Å²) in [4.78, 5) is 2.17. The van der Waals surface area contributed by atoms with Gasteiger partial charge in [-0.25, -0.2) is 0 Å². The molecule has 19 heavy (non-hydrogen) atoms. The molecule has 1 aromatic heterocycles. The quantitative estimate of drug-likeness (QED) is 0.866. The van der Waals surface area contributed by atoms with E-state index in [1.165, 1.54) is 5.56 Å². The zero-order valence-electron chi connectivity index (χ0n) is 11.4. The molecule has 2 rings (SSSR count). The average molecular weight is 260 g/mol. The highest BCUT2D eigenvalue weighted by atomic mass is 16.5. The van der Waals surface area contributed by atoms with Gasteiger partial charge in [-0.05, 0) is 36.9 Å². The predicted molar refractivity (Wildman–Crippen MR) is 75.0 cm³/mol. The van der Waals surface area contributed by atoms with E-state index in [9.17, 15) is 0 Å². The molecule has 1 aromatic carbocycles. The van der Waals surface area contributed by atoms with Crippen LogP contribution in [-0.2, 0) is 6.54 Å². The van der Waals surface area contributed by atoms with E-state index >= 15 is 0 Å². The summed E-state index contributed by atoms with van der Waals surface area (Å²) in [6.45, 7) is 1.31. The van der Waals surface area contributed by atoms with Crippen molar-refractivity contribution in [3.63, 3.8) is 0 Å². The fourth-order valence-electron chi connectivity index (χ4n) is 2.16. The van der Waals surface area contributed by atoms with Gasteiger partial charge in [0.1, 0.15) is 11.5 Å². The monoisotopic (exact) mass is 260 g/mol. The lowest BCUT2D eigenvalue weighted by Crippen LogP contribution is -2.29. The fourth-order valence-corrected chi connectivity index (χ4v) is 2.16. The minimum Gasteiger partial charge on any atom is -0.497 e. The van der Waals surface area contributed by atoms with Gasteiger partial charge in [-0.15, -0.1) is 0 Å². The molecule has 4 heteroatoms. The van der Waals surface area contributed by atoms with Crippen molar-refractivity contribution in [1.29, 1.82) is 0 Å². The van der Waals surface area contributed by atoms with Gasteiger partial charge in [0.25, 0.3) is 0 Å². The van der Waals surface area contributed by atoms with E-state index in [0.717, 1.165) is 18.1 Å². The smallest absolute Gasteiger partial charge is 0.122 e. The lowest BCUT2D eigenvalue weighted by molar-refractivity contribution is 0.212. The highest BCUT2D eigenvalue weighted by molar-refractivity contribution is 5.28. The molecule has 1 unspecified atom stereocenters. The van der Waals surface area contributed by atoms with Crippen LogP contribution in [0.4, 0.5) is 0 Å². The first-order valence-electron chi connectivity index (χ1n) is 6.31. The molecule has 0 aliphatic carbocycles. The molecule has 2 N–H and O–H groups in total. The van der Waals surface area contributed by atoms with Crippen LogP contribution in [0.15, 0.2) is 47.1 Å². The number of benzene rings is 1. The number of hydrogen-bond acceptors (Lipinski definition) is 4. The third kappa shape index (κ3) is 3.36. The molecule has 0 fully saturated rings. The van der Waals surface area contributed by atoms with Gasteiger partial charge in [0.2, 0.25) is 0 Å². The highest BCUT2D eigenvalue weighted by Gasteiger charge is 2.18. The topological polar surface area (TPSA) is 51.6 Å². The first-order chi connectivity index (χ1) is 9.24. The number of likely N-dealkylation sites (N-methyl/N-ethyl adjacent to an activating group) is 1. The van der Waals surface area contributed by atoms with Crippen molar-refractivity contribution in [3.8, 4) is 5.75 Å². The summed E-state index contributed by atoms with van der Waals surface area (Å²) in [7, 11) is 3.72. The lowest BCUT2D eigenvalue weighted by atomic mass is 10.1. The second kappa shape index (κ2) is 6.41. The van der Waals surface area contributed by atoms with Crippen LogP contribution in [0.3, 0.4) is 0 Å². The van der Waals surface area contributed by atoms with E-state index < -0.39 is 0 Å². The molecule has 0 amide bonds. The summed E-state index contributed by atoms with van der Waals surface area (Å²) in [5, 5.41) is 0. The Morgan fingerprint density at radius 2 is 2.16 bits per heavy atom. The Kier molecular flexibility index (Phi) is 4.60. The Labute approximate surface area is 113 Å². The van der Waals surface area contributed by atoms with Crippen LogP contribution in [0.25, 0.3) is 0 Å². The summed E-state index contributed by atoms with van der Waals surface area (Å²) < 4.78 is 10.7. The van der Waals surface area contributed by atoms with Crippen molar-refractivity contribution in [2.45, 2.75) is 12.6 Å². The maximum Gasteiger partial charge on any atom is 0.122 e. The summed E-state index contributed by atoms with van der Waals surface area (Å²) in [5.74, 6) is 1.76. The molecular weight excluding hydrogens is 240 g/mol. The Morgan fingerprint density at radius 1 is 1.32 bits per heavy atom. The molecule has 0 spiro atoms. The van der Waals surface area contributed by atoms with E-state index in [2.05, 4.69) is 11.0 Å². The lowest BCUT2D eigenvalue weighted by Gasteiger charge is -2.25. The number of furan rings is 1. The highest BCUT2D eigenvalue weighted by Crippen LogP contribution is 2.22. The van der Waals surface area contributed by atoms with Crippen LogP contribution < -0.4 is 10.5 Å². The normalized spacial score (nSPS) is 12.6. The first kappa shape index (κ1) is 13.6. The second-order valence-corrected chi connectivity index (χ2v) is 4.53. The van der Waals surface area contributed by atoms with Gasteiger partial charge in [-0.1, -0.05) is 12.1 Å². The molecule has 0 saturated heterocycles. The van der Waals surface area contributed by atoms with E-state index in [1.807, 2.05) is 37.4 Å². The molecular formula is C15H20N2O2. The molecule has 1 heterocycles. The van der Waals surface area contributed by atoms with Crippen LogP contribution >= 0.6 is 0 Å². The second-order valence-electron chi connectivity index (χ2n) is 4.53. The fraction of sp³-hybridized carbons (Fsp3) is 0.333. The molecule has 102 valence electrons. The van der Waals surface area contributed by atoms with Crippen molar-refractivity contribution in [2.75, 3.05) is 20.7 Å². The van der Waals surface area contributed by atoms with Crippen molar-refractivity contribution < 1.29 is 9.15 Å². The van der Waals surface area contributed by atoms with E-state index in [0.29, 0.717) is 6.54 Å².